The van der Waals surface area contributed by atoms with Gasteiger partial charge in [0.15, 0.2) is 0 Å². The number of carbonyl (C=O) groups is 2. The molecule has 4 rings (SSSR count). The molecule has 0 bridgehead atoms. The van der Waals surface area contributed by atoms with Gasteiger partial charge in [0.2, 0.25) is 21.8 Å². The number of carbonyl (C=O) groups excluding carboxylic acids is 2. The number of piperidine rings is 1. The molecule has 2 aromatic rings. The summed E-state index contributed by atoms with van der Waals surface area (Å²) in [7, 11) is -3.48. The van der Waals surface area contributed by atoms with Crippen molar-refractivity contribution in [3.05, 3.63) is 29.3 Å². The minimum atomic E-state index is -3.48. The standard InChI is InChI=1S/C18H21N3O4S2/c22-16-5-6-17(23)21(16)11-12-27(24,25)20-9-7-13(8-10-20)18-19-14-3-1-2-4-15(14)26-18/h1-4,13H,5-12H2. The quantitative estimate of drug-likeness (QED) is 0.707. The first-order valence-electron chi connectivity index (χ1n) is 9.10. The summed E-state index contributed by atoms with van der Waals surface area (Å²) >= 11 is 1.68. The third-order valence-electron chi connectivity index (χ3n) is 5.23. The molecule has 1 aromatic carbocycles. The molecule has 27 heavy (non-hydrogen) atoms. The van der Waals surface area contributed by atoms with Crippen LogP contribution in [0.1, 0.15) is 36.6 Å². The summed E-state index contributed by atoms with van der Waals surface area (Å²) in [5, 5.41) is 1.07. The lowest BCUT2D eigenvalue weighted by Crippen LogP contribution is -2.42. The van der Waals surface area contributed by atoms with Gasteiger partial charge in [-0.05, 0) is 25.0 Å². The molecule has 2 amide bonds. The van der Waals surface area contributed by atoms with E-state index >= 15 is 0 Å². The Morgan fingerprint density at radius 3 is 2.41 bits per heavy atom. The first-order valence-corrected chi connectivity index (χ1v) is 11.5. The predicted octanol–water partition coefficient (Wildman–Crippen LogP) is 1.95. The number of fused-ring (bicyclic) bond motifs is 1. The maximum Gasteiger partial charge on any atom is 0.229 e. The topological polar surface area (TPSA) is 87.7 Å². The molecule has 2 saturated heterocycles. The van der Waals surface area contributed by atoms with E-state index in [0.717, 1.165) is 33.0 Å². The normalized spacial score (nSPS) is 20.1. The van der Waals surface area contributed by atoms with Gasteiger partial charge in [0.25, 0.3) is 0 Å². The van der Waals surface area contributed by atoms with Crippen LogP contribution in [0.25, 0.3) is 10.2 Å². The van der Waals surface area contributed by atoms with Gasteiger partial charge in [-0.15, -0.1) is 11.3 Å². The number of sulfonamides is 1. The van der Waals surface area contributed by atoms with Gasteiger partial charge < -0.3 is 0 Å². The van der Waals surface area contributed by atoms with Gasteiger partial charge in [0.1, 0.15) is 0 Å². The summed E-state index contributed by atoms with van der Waals surface area (Å²) in [5.74, 6) is -0.471. The van der Waals surface area contributed by atoms with Crippen LogP contribution in [-0.2, 0) is 19.6 Å². The lowest BCUT2D eigenvalue weighted by atomic mass is 9.99. The lowest BCUT2D eigenvalue weighted by molar-refractivity contribution is -0.137. The number of imide groups is 1. The van der Waals surface area contributed by atoms with Crippen LogP contribution < -0.4 is 0 Å². The average Bonchev–Trinajstić information content (AvgIpc) is 3.24. The van der Waals surface area contributed by atoms with E-state index in [0.29, 0.717) is 13.1 Å². The Hall–Kier alpha value is -1.84. The van der Waals surface area contributed by atoms with Crippen molar-refractivity contribution in [2.45, 2.75) is 31.6 Å². The summed E-state index contributed by atoms with van der Waals surface area (Å²) in [6, 6.07) is 8.01. The molecule has 0 aliphatic carbocycles. The number of nitrogens with zero attached hydrogens (tertiary/aromatic N) is 3. The number of aromatic nitrogens is 1. The van der Waals surface area contributed by atoms with Crippen LogP contribution in [0.3, 0.4) is 0 Å². The zero-order valence-electron chi connectivity index (χ0n) is 14.8. The van der Waals surface area contributed by atoms with Crippen molar-refractivity contribution in [3.63, 3.8) is 0 Å². The number of rotatable bonds is 5. The van der Waals surface area contributed by atoms with Gasteiger partial charge in [-0.2, -0.15) is 0 Å². The van der Waals surface area contributed by atoms with Crippen molar-refractivity contribution in [1.29, 1.82) is 0 Å². The van der Waals surface area contributed by atoms with Crippen molar-refractivity contribution in [2.24, 2.45) is 0 Å². The highest BCUT2D eigenvalue weighted by molar-refractivity contribution is 7.89. The summed E-state index contributed by atoms with van der Waals surface area (Å²) in [5.41, 5.74) is 0.993. The van der Waals surface area contributed by atoms with E-state index in [1.807, 2.05) is 18.2 Å². The summed E-state index contributed by atoms with van der Waals surface area (Å²) < 4.78 is 27.8. The van der Waals surface area contributed by atoms with Crippen LogP contribution in [0.15, 0.2) is 24.3 Å². The van der Waals surface area contributed by atoms with E-state index < -0.39 is 10.0 Å². The predicted molar refractivity (Wildman–Crippen MR) is 103 cm³/mol. The van der Waals surface area contributed by atoms with E-state index in [1.54, 1.807) is 11.3 Å². The molecule has 0 atom stereocenters. The van der Waals surface area contributed by atoms with Gasteiger partial charge >= 0.3 is 0 Å². The second-order valence-electron chi connectivity index (χ2n) is 6.95. The summed E-state index contributed by atoms with van der Waals surface area (Å²) in [6.07, 6.45) is 1.85. The molecule has 0 saturated carbocycles. The fraction of sp³-hybridized carbons (Fsp3) is 0.500. The minimum absolute atomic E-state index is 0.0439. The molecule has 1 aromatic heterocycles. The van der Waals surface area contributed by atoms with Gasteiger partial charge in [-0.3, -0.25) is 14.5 Å². The number of para-hydroxylation sites is 1. The number of benzene rings is 1. The van der Waals surface area contributed by atoms with Crippen LogP contribution in [0.5, 0.6) is 0 Å². The molecule has 0 unspecified atom stereocenters. The second kappa shape index (κ2) is 7.29. The molecule has 0 N–H and O–H groups in total. The fourth-order valence-electron chi connectivity index (χ4n) is 3.65. The molecule has 2 fully saturated rings. The first kappa shape index (κ1) is 18.5. The van der Waals surface area contributed by atoms with Gasteiger partial charge in [-0.25, -0.2) is 17.7 Å². The number of amides is 2. The number of hydrogen-bond acceptors (Lipinski definition) is 6. The van der Waals surface area contributed by atoms with Gasteiger partial charge in [0.05, 0.1) is 21.0 Å². The van der Waals surface area contributed by atoms with Crippen molar-refractivity contribution < 1.29 is 18.0 Å². The van der Waals surface area contributed by atoms with Crippen molar-refractivity contribution in [3.8, 4) is 0 Å². The van der Waals surface area contributed by atoms with E-state index in [4.69, 9.17) is 4.98 Å². The second-order valence-corrected chi connectivity index (χ2v) is 10.1. The Bertz CT molecular complexity index is 928. The highest BCUT2D eigenvalue weighted by Crippen LogP contribution is 2.34. The van der Waals surface area contributed by atoms with Crippen LogP contribution in [-0.4, -0.2) is 59.8 Å². The molecule has 0 spiro atoms. The molecular formula is C18H21N3O4S2. The van der Waals surface area contributed by atoms with Crippen molar-refractivity contribution in [1.82, 2.24) is 14.2 Å². The Morgan fingerprint density at radius 2 is 1.74 bits per heavy atom. The largest absolute Gasteiger partial charge is 0.282 e. The minimum Gasteiger partial charge on any atom is -0.282 e. The molecule has 2 aliphatic rings. The highest BCUT2D eigenvalue weighted by Gasteiger charge is 2.33. The molecule has 7 nitrogen and oxygen atoms in total. The smallest absolute Gasteiger partial charge is 0.229 e. The first-order chi connectivity index (χ1) is 12.9. The third kappa shape index (κ3) is 3.76. The van der Waals surface area contributed by atoms with E-state index in [2.05, 4.69) is 6.07 Å². The van der Waals surface area contributed by atoms with Crippen LogP contribution in [0.2, 0.25) is 0 Å². The SMILES string of the molecule is O=C1CCC(=O)N1CCS(=O)(=O)N1CCC(c2nc3ccccc3s2)CC1. The van der Waals surface area contributed by atoms with E-state index in [9.17, 15) is 18.0 Å². The molecule has 9 heteroatoms. The third-order valence-corrected chi connectivity index (χ3v) is 8.28. The van der Waals surface area contributed by atoms with Crippen LogP contribution >= 0.6 is 11.3 Å². The molecule has 0 radical (unpaired) electrons. The van der Waals surface area contributed by atoms with Crippen LogP contribution in [0, 0.1) is 0 Å². The summed E-state index contributed by atoms with van der Waals surface area (Å²) in [6.45, 7) is 0.855. The average molecular weight is 408 g/mol. The fourth-order valence-corrected chi connectivity index (χ4v) is 6.23. The molecule has 2 aliphatic heterocycles. The zero-order valence-corrected chi connectivity index (χ0v) is 16.5. The number of likely N-dealkylation sites (tertiary alicyclic amines) is 1. The Kier molecular flexibility index (Phi) is 5.00. The zero-order chi connectivity index (χ0) is 19.0. The maximum absolute atomic E-state index is 12.6. The highest BCUT2D eigenvalue weighted by atomic mass is 32.2. The van der Waals surface area contributed by atoms with E-state index in [1.165, 1.54) is 4.31 Å². The van der Waals surface area contributed by atoms with Gasteiger partial charge in [0, 0.05) is 38.4 Å². The molecule has 144 valence electrons. The van der Waals surface area contributed by atoms with E-state index in [-0.39, 0.29) is 42.9 Å². The molecule has 3 heterocycles. The molecular weight excluding hydrogens is 386 g/mol. The Labute approximate surface area is 162 Å². The number of thiazole rings is 1. The monoisotopic (exact) mass is 407 g/mol. The lowest BCUT2D eigenvalue weighted by Gasteiger charge is -2.30. The van der Waals surface area contributed by atoms with Crippen LogP contribution in [0.4, 0.5) is 0 Å². The van der Waals surface area contributed by atoms with Crippen molar-refractivity contribution in [2.75, 3.05) is 25.4 Å². The Balaban J connectivity index is 1.36. The van der Waals surface area contributed by atoms with Gasteiger partial charge in [-0.1, -0.05) is 12.1 Å². The summed E-state index contributed by atoms with van der Waals surface area (Å²) in [4.78, 5) is 29.1. The maximum atomic E-state index is 12.6. The Morgan fingerprint density at radius 1 is 1.07 bits per heavy atom. The number of hydrogen-bond donors (Lipinski definition) is 0. The van der Waals surface area contributed by atoms with Crippen molar-refractivity contribution >= 4 is 43.4 Å².